The Morgan fingerprint density at radius 3 is 2.52 bits per heavy atom. The smallest absolute Gasteiger partial charge is 0.295 e. The molecule has 7 nitrogen and oxygen atoms in total. The first-order valence-electron chi connectivity index (χ1n) is 9.36. The zero-order chi connectivity index (χ0) is 20.2. The zero-order valence-corrected chi connectivity index (χ0v) is 15.7. The number of likely N-dealkylation sites (tertiary alicyclic amines) is 1. The number of benzene rings is 1. The topological polar surface area (TPSA) is 88.3 Å². The van der Waals surface area contributed by atoms with E-state index in [1.165, 1.54) is 4.90 Å². The molecule has 29 heavy (non-hydrogen) atoms. The van der Waals surface area contributed by atoms with Gasteiger partial charge in [0.1, 0.15) is 5.76 Å². The molecule has 4 rings (SSSR count). The van der Waals surface area contributed by atoms with Gasteiger partial charge in [0.25, 0.3) is 11.7 Å². The van der Waals surface area contributed by atoms with Gasteiger partial charge in [-0.2, -0.15) is 0 Å². The number of aryl methyl sites for hydroxylation is 1. The SMILES string of the molecule is O=C1C(=O)N(CCCn2ccnc2)C(c2cccnc2)/C1=C(/O)c1ccccc1. The van der Waals surface area contributed by atoms with Gasteiger partial charge in [0.2, 0.25) is 0 Å². The molecule has 7 heteroatoms. The largest absolute Gasteiger partial charge is 0.507 e. The lowest BCUT2D eigenvalue weighted by molar-refractivity contribution is -0.139. The molecule has 0 saturated carbocycles. The Bertz CT molecular complexity index is 1030. The normalized spacial score (nSPS) is 18.3. The number of amides is 1. The molecule has 1 amide bonds. The van der Waals surface area contributed by atoms with Crippen molar-refractivity contribution < 1.29 is 14.7 Å². The molecular formula is C22H20N4O3. The Balaban J connectivity index is 1.70. The van der Waals surface area contributed by atoms with Crippen LogP contribution in [0.4, 0.5) is 0 Å². The van der Waals surface area contributed by atoms with Crippen molar-refractivity contribution >= 4 is 17.4 Å². The molecule has 1 N–H and O–H groups in total. The summed E-state index contributed by atoms with van der Waals surface area (Å²) in [5.41, 5.74) is 1.28. The van der Waals surface area contributed by atoms with Gasteiger partial charge in [-0.25, -0.2) is 4.98 Å². The van der Waals surface area contributed by atoms with Gasteiger partial charge in [-0.1, -0.05) is 36.4 Å². The molecule has 1 saturated heterocycles. The second-order valence-corrected chi connectivity index (χ2v) is 6.80. The van der Waals surface area contributed by atoms with Gasteiger partial charge < -0.3 is 14.6 Å². The van der Waals surface area contributed by atoms with E-state index in [9.17, 15) is 14.7 Å². The molecule has 1 fully saturated rings. The van der Waals surface area contributed by atoms with E-state index < -0.39 is 17.7 Å². The molecule has 3 aromatic rings. The molecule has 1 aliphatic heterocycles. The van der Waals surface area contributed by atoms with Crippen molar-refractivity contribution in [2.45, 2.75) is 19.0 Å². The van der Waals surface area contributed by atoms with E-state index in [1.54, 1.807) is 55.2 Å². The van der Waals surface area contributed by atoms with Crippen LogP contribution in [0.1, 0.15) is 23.6 Å². The number of rotatable bonds is 6. The van der Waals surface area contributed by atoms with Gasteiger partial charge in [-0.05, 0) is 18.1 Å². The number of Topliss-reactive ketones (excluding diaryl/α,β-unsaturated/α-hetero) is 1. The van der Waals surface area contributed by atoms with E-state index in [1.807, 2.05) is 22.9 Å². The minimum atomic E-state index is -0.678. The average Bonchev–Trinajstić information content (AvgIpc) is 3.37. The zero-order valence-electron chi connectivity index (χ0n) is 15.7. The maximum absolute atomic E-state index is 12.9. The standard InChI is InChI=1S/C22H20N4O3/c27-20(16-6-2-1-3-7-16)18-19(17-8-4-9-23-14-17)26(22(29)21(18)28)12-5-11-25-13-10-24-15-25/h1-4,6-10,13-15,19,27H,5,11-12H2/b20-18-. The third kappa shape index (κ3) is 3.67. The number of aliphatic hydroxyl groups excluding tert-OH is 1. The Kier molecular flexibility index (Phi) is 5.20. The van der Waals surface area contributed by atoms with Crippen LogP contribution in [0.3, 0.4) is 0 Å². The summed E-state index contributed by atoms with van der Waals surface area (Å²) in [6, 6.07) is 11.7. The van der Waals surface area contributed by atoms with Gasteiger partial charge >= 0.3 is 0 Å². The van der Waals surface area contributed by atoms with Crippen LogP contribution in [-0.2, 0) is 16.1 Å². The van der Waals surface area contributed by atoms with Gasteiger partial charge in [0.15, 0.2) is 0 Å². The summed E-state index contributed by atoms with van der Waals surface area (Å²) in [4.78, 5) is 35.3. The van der Waals surface area contributed by atoms with Crippen LogP contribution in [-0.4, -0.2) is 42.8 Å². The Morgan fingerprint density at radius 1 is 1.00 bits per heavy atom. The fraction of sp³-hybridized carbons (Fsp3) is 0.182. The van der Waals surface area contributed by atoms with E-state index in [-0.39, 0.29) is 11.3 Å². The Labute approximate surface area is 168 Å². The lowest BCUT2D eigenvalue weighted by atomic mass is 9.96. The molecule has 146 valence electrons. The highest BCUT2D eigenvalue weighted by Crippen LogP contribution is 2.39. The second-order valence-electron chi connectivity index (χ2n) is 6.80. The molecule has 0 spiro atoms. The van der Waals surface area contributed by atoms with Crippen molar-refractivity contribution in [2.24, 2.45) is 0 Å². The summed E-state index contributed by atoms with van der Waals surface area (Å²) in [6.07, 6.45) is 9.15. The maximum Gasteiger partial charge on any atom is 0.295 e. The first-order chi connectivity index (χ1) is 14.2. The van der Waals surface area contributed by atoms with Crippen molar-refractivity contribution in [3.05, 3.63) is 90.3 Å². The third-order valence-corrected chi connectivity index (χ3v) is 4.96. The lowest BCUT2D eigenvalue weighted by Gasteiger charge is -2.25. The molecule has 2 aromatic heterocycles. The molecule has 1 aromatic carbocycles. The van der Waals surface area contributed by atoms with E-state index in [0.717, 1.165) is 0 Å². The minimum Gasteiger partial charge on any atom is -0.507 e. The number of aromatic nitrogens is 3. The van der Waals surface area contributed by atoms with Gasteiger partial charge in [-0.3, -0.25) is 14.6 Å². The number of aliphatic hydroxyl groups is 1. The molecular weight excluding hydrogens is 368 g/mol. The van der Waals surface area contributed by atoms with Gasteiger partial charge in [0, 0.05) is 43.4 Å². The van der Waals surface area contributed by atoms with Crippen LogP contribution >= 0.6 is 0 Å². The minimum absolute atomic E-state index is 0.0943. The summed E-state index contributed by atoms with van der Waals surface area (Å²) in [7, 11) is 0. The molecule has 1 aliphatic rings. The van der Waals surface area contributed by atoms with Crippen LogP contribution in [0.15, 0.2) is 79.2 Å². The van der Waals surface area contributed by atoms with Crippen molar-refractivity contribution in [3.8, 4) is 0 Å². The number of carbonyl (C=O) groups excluding carboxylic acids is 2. The van der Waals surface area contributed by atoms with Crippen LogP contribution in [0, 0.1) is 0 Å². The number of pyridine rings is 1. The number of nitrogens with zero attached hydrogens (tertiary/aromatic N) is 4. The predicted molar refractivity (Wildman–Crippen MR) is 107 cm³/mol. The number of carbonyl (C=O) groups is 2. The van der Waals surface area contributed by atoms with Gasteiger partial charge in [0.05, 0.1) is 17.9 Å². The number of hydrogen-bond donors (Lipinski definition) is 1. The fourth-order valence-electron chi connectivity index (χ4n) is 3.59. The summed E-state index contributed by atoms with van der Waals surface area (Å²) in [6.45, 7) is 1.04. The van der Waals surface area contributed by atoms with Crippen LogP contribution < -0.4 is 0 Å². The maximum atomic E-state index is 12.9. The highest BCUT2D eigenvalue weighted by Gasteiger charge is 2.45. The number of imidazole rings is 1. The molecule has 3 heterocycles. The van der Waals surface area contributed by atoms with E-state index >= 15 is 0 Å². The van der Waals surface area contributed by atoms with Crippen LogP contribution in [0.2, 0.25) is 0 Å². The predicted octanol–water partition coefficient (Wildman–Crippen LogP) is 2.79. The van der Waals surface area contributed by atoms with Crippen LogP contribution in [0.25, 0.3) is 5.76 Å². The summed E-state index contributed by atoms with van der Waals surface area (Å²) < 4.78 is 1.92. The highest BCUT2D eigenvalue weighted by molar-refractivity contribution is 6.46. The van der Waals surface area contributed by atoms with Crippen molar-refractivity contribution in [3.63, 3.8) is 0 Å². The number of ketones is 1. The quantitative estimate of drug-likeness (QED) is 0.399. The third-order valence-electron chi connectivity index (χ3n) is 4.96. The monoisotopic (exact) mass is 388 g/mol. The van der Waals surface area contributed by atoms with E-state index in [4.69, 9.17) is 0 Å². The first kappa shape index (κ1) is 18.6. The molecule has 0 bridgehead atoms. The number of hydrogen-bond acceptors (Lipinski definition) is 5. The summed E-state index contributed by atoms with van der Waals surface area (Å²) in [5.74, 6) is -1.46. The molecule has 1 unspecified atom stereocenters. The fourth-order valence-corrected chi connectivity index (χ4v) is 3.59. The van der Waals surface area contributed by atoms with Crippen molar-refractivity contribution in [1.82, 2.24) is 19.4 Å². The molecule has 1 atom stereocenters. The van der Waals surface area contributed by atoms with E-state index in [2.05, 4.69) is 9.97 Å². The Morgan fingerprint density at radius 2 is 1.83 bits per heavy atom. The lowest BCUT2D eigenvalue weighted by Crippen LogP contribution is -2.31. The summed E-state index contributed by atoms with van der Waals surface area (Å²) in [5, 5.41) is 10.9. The first-order valence-corrected chi connectivity index (χ1v) is 9.36. The van der Waals surface area contributed by atoms with E-state index in [0.29, 0.717) is 30.6 Å². The Hall–Kier alpha value is -3.74. The highest BCUT2D eigenvalue weighted by atomic mass is 16.3. The second kappa shape index (κ2) is 8.10. The van der Waals surface area contributed by atoms with Crippen molar-refractivity contribution in [1.29, 1.82) is 0 Å². The van der Waals surface area contributed by atoms with Crippen molar-refractivity contribution in [2.75, 3.05) is 6.54 Å². The molecule has 0 radical (unpaired) electrons. The van der Waals surface area contributed by atoms with Crippen LogP contribution in [0.5, 0.6) is 0 Å². The average molecular weight is 388 g/mol. The summed E-state index contributed by atoms with van der Waals surface area (Å²) >= 11 is 0. The van der Waals surface area contributed by atoms with Gasteiger partial charge in [-0.15, -0.1) is 0 Å². The molecule has 0 aliphatic carbocycles.